The maximum Gasteiger partial charge on any atom is 0.431 e. The summed E-state index contributed by atoms with van der Waals surface area (Å²) in [6, 6.07) is 3.94. The number of hydrogen-bond acceptors (Lipinski definition) is 4. The number of nitrogens with one attached hydrogen (secondary N) is 2. The normalized spacial score (nSPS) is 12.1. The van der Waals surface area contributed by atoms with E-state index in [-0.39, 0.29) is 17.9 Å². The van der Waals surface area contributed by atoms with Crippen molar-refractivity contribution in [2.75, 3.05) is 5.32 Å². The molecule has 0 aliphatic rings. The molecule has 0 fully saturated rings. The Morgan fingerprint density at radius 3 is 2.60 bits per heavy atom. The Kier molecular flexibility index (Phi) is 4.51. The van der Waals surface area contributed by atoms with Gasteiger partial charge in [-0.2, -0.15) is 13.2 Å². The zero-order valence-electron chi connectivity index (χ0n) is 12.6. The predicted molar refractivity (Wildman–Crippen MR) is 80.2 cm³/mol. The number of aromatic amines is 1. The summed E-state index contributed by atoms with van der Waals surface area (Å²) in [5.41, 5.74) is 0.0839. The number of halogens is 5. The fraction of sp³-hybridized carbons (Fsp3) is 0.267. The van der Waals surface area contributed by atoms with Gasteiger partial charge in [0.1, 0.15) is 23.5 Å². The summed E-state index contributed by atoms with van der Waals surface area (Å²) >= 11 is 0. The number of rotatable bonds is 5. The van der Waals surface area contributed by atoms with Crippen molar-refractivity contribution in [1.29, 1.82) is 0 Å². The quantitative estimate of drug-likeness (QED) is 0.682. The first-order valence-corrected chi connectivity index (χ1v) is 7.19. The van der Waals surface area contributed by atoms with Crippen molar-refractivity contribution in [2.24, 2.45) is 0 Å². The minimum absolute atomic E-state index is 0.136. The van der Waals surface area contributed by atoms with Crippen molar-refractivity contribution >= 4 is 16.9 Å². The van der Waals surface area contributed by atoms with Crippen LogP contribution < -0.4 is 5.32 Å². The number of anilines is 1. The molecule has 0 aliphatic carbocycles. The number of aromatic nitrogens is 4. The molecule has 0 spiro atoms. The molecule has 0 saturated carbocycles. The third-order valence-corrected chi connectivity index (χ3v) is 3.39. The Labute approximate surface area is 138 Å². The highest BCUT2D eigenvalue weighted by Gasteiger charge is 2.32. The molecular weight excluding hydrogens is 345 g/mol. The molecule has 3 heterocycles. The summed E-state index contributed by atoms with van der Waals surface area (Å²) < 4.78 is 62.8. The standard InChI is InChI=1S/C15H12F5N5/c16-12(17)3-10-4-13(24-7-23-10)21-5-8-1-9-2-11(15(18,19)20)25-14(9)22-6-8/h1-2,4,6-7,12H,3,5H2,(H,22,25)(H,21,23,24). The van der Waals surface area contributed by atoms with Crippen LogP contribution in [-0.4, -0.2) is 26.4 Å². The zero-order valence-corrected chi connectivity index (χ0v) is 12.6. The maximum absolute atomic E-state index is 12.7. The van der Waals surface area contributed by atoms with Crippen LogP contribution >= 0.6 is 0 Å². The van der Waals surface area contributed by atoms with Gasteiger partial charge in [0.05, 0.1) is 12.1 Å². The molecule has 0 saturated heterocycles. The highest BCUT2D eigenvalue weighted by molar-refractivity contribution is 5.77. The van der Waals surface area contributed by atoms with E-state index in [2.05, 4.69) is 25.3 Å². The van der Waals surface area contributed by atoms with E-state index in [9.17, 15) is 22.0 Å². The number of hydrogen-bond donors (Lipinski definition) is 2. The van der Waals surface area contributed by atoms with Gasteiger partial charge in [-0.25, -0.2) is 23.7 Å². The van der Waals surface area contributed by atoms with Gasteiger partial charge in [-0.3, -0.25) is 0 Å². The topological polar surface area (TPSA) is 66.5 Å². The van der Waals surface area contributed by atoms with E-state index < -0.39 is 24.7 Å². The Morgan fingerprint density at radius 1 is 1.08 bits per heavy atom. The lowest BCUT2D eigenvalue weighted by molar-refractivity contribution is -0.140. The van der Waals surface area contributed by atoms with E-state index in [1.807, 2.05) is 0 Å². The molecule has 3 aromatic rings. The second-order valence-electron chi connectivity index (χ2n) is 5.31. The van der Waals surface area contributed by atoms with Crippen LogP contribution in [0.5, 0.6) is 0 Å². The molecule has 10 heteroatoms. The summed E-state index contributed by atoms with van der Waals surface area (Å²) in [5, 5.41) is 3.23. The third-order valence-electron chi connectivity index (χ3n) is 3.39. The SMILES string of the molecule is FC(F)Cc1cc(NCc2cnc3[nH]c(C(F)(F)F)cc3c2)ncn1. The largest absolute Gasteiger partial charge is 0.431 e. The van der Waals surface area contributed by atoms with Crippen LogP contribution in [0.3, 0.4) is 0 Å². The molecule has 3 rings (SSSR count). The van der Waals surface area contributed by atoms with Crippen LogP contribution in [0.15, 0.2) is 30.7 Å². The van der Waals surface area contributed by atoms with Crippen molar-refractivity contribution < 1.29 is 22.0 Å². The molecule has 0 amide bonds. The predicted octanol–water partition coefficient (Wildman–Crippen LogP) is 3.79. The second kappa shape index (κ2) is 6.61. The lowest BCUT2D eigenvalue weighted by Crippen LogP contribution is -2.05. The van der Waals surface area contributed by atoms with Gasteiger partial charge in [0.2, 0.25) is 6.43 Å². The van der Waals surface area contributed by atoms with Gasteiger partial charge in [-0.1, -0.05) is 0 Å². The molecule has 0 aliphatic heterocycles. The van der Waals surface area contributed by atoms with E-state index in [1.165, 1.54) is 18.6 Å². The highest BCUT2D eigenvalue weighted by Crippen LogP contribution is 2.30. The van der Waals surface area contributed by atoms with Crippen LogP contribution in [0.2, 0.25) is 0 Å². The number of pyridine rings is 1. The molecule has 25 heavy (non-hydrogen) atoms. The number of H-pyrrole nitrogens is 1. The minimum Gasteiger partial charge on any atom is -0.366 e. The first-order chi connectivity index (χ1) is 11.8. The van der Waals surface area contributed by atoms with E-state index in [1.54, 1.807) is 6.07 Å². The molecule has 0 unspecified atom stereocenters. The van der Waals surface area contributed by atoms with E-state index in [4.69, 9.17) is 0 Å². The van der Waals surface area contributed by atoms with Crippen molar-refractivity contribution in [3.05, 3.63) is 47.7 Å². The fourth-order valence-electron chi connectivity index (χ4n) is 2.27. The molecule has 2 N–H and O–H groups in total. The molecule has 0 aromatic carbocycles. The van der Waals surface area contributed by atoms with E-state index in [0.717, 1.165) is 6.07 Å². The van der Waals surface area contributed by atoms with Crippen LogP contribution in [0.1, 0.15) is 17.0 Å². The summed E-state index contributed by atoms with van der Waals surface area (Å²) in [4.78, 5) is 13.8. The summed E-state index contributed by atoms with van der Waals surface area (Å²) in [6.07, 6.45) is -4.86. The van der Waals surface area contributed by atoms with Crippen LogP contribution in [-0.2, 0) is 19.1 Å². The Bertz CT molecular complexity index is 874. The molecular formula is C15H12F5N5. The van der Waals surface area contributed by atoms with Crippen LogP contribution in [0, 0.1) is 0 Å². The molecule has 5 nitrogen and oxygen atoms in total. The third kappa shape index (κ3) is 4.20. The number of alkyl halides is 5. The fourth-order valence-corrected chi connectivity index (χ4v) is 2.27. The van der Waals surface area contributed by atoms with Crippen LogP contribution in [0.25, 0.3) is 11.0 Å². The zero-order chi connectivity index (χ0) is 18.0. The Morgan fingerprint density at radius 2 is 1.88 bits per heavy atom. The molecule has 0 atom stereocenters. The minimum atomic E-state index is -4.47. The van der Waals surface area contributed by atoms with Gasteiger partial charge >= 0.3 is 6.18 Å². The van der Waals surface area contributed by atoms with Gasteiger partial charge in [0, 0.05) is 24.2 Å². The number of fused-ring (bicyclic) bond motifs is 1. The van der Waals surface area contributed by atoms with Gasteiger partial charge in [-0.15, -0.1) is 0 Å². The lowest BCUT2D eigenvalue weighted by Gasteiger charge is -2.07. The van der Waals surface area contributed by atoms with Gasteiger partial charge in [0.25, 0.3) is 0 Å². The van der Waals surface area contributed by atoms with E-state index >= 15 is 0 Å². The van der Waals surface area contributed by atoms with Crippen LogP contribution in [0.4, 0.5) is 27.8 Å². The van der Waals surface area contributed by atoms with Crippen molar-refractivity contribution in [1.82, 2.24) is 19.9 Å². The molecule has 132 valence electrons. The van der Waals surface area contributed by atoms with Gasteiger partial charge < -0.3 is 10.3 Å². The summed E-state index contributed by atoms with van der Waals surface area (Å²) in [5.74, 6) is 0.343. The molecule has 0 bridgehead atoms. The maximum atomic E-state index is 12.7. The van der Waals surface area contributed by atoms with Gasteiger partial charge in [0.15, 0.2) is 0 Å². The smallest absolute Gasteiger partial charge is 0.366 e. The first-order valence-electron chi connectivity index (χ1n) is 7.19. The first kappa shape index (κ1) is 17.1. The second-order valence-corrected chi connectivity index (χ2v) is 5.31. The van der Waals surface area contributed by atoms with Crippen molar-refractivity contribution in [3.63, 3.8) is 0 Å². The monoisotopic (exact) mass is 357 g/mol. The van der Waals surface area contributed by atoms with Crippen molar-refractivity contribution in [3.8, 4) is 0 Å². The Balaban J connectivity index is 1.73. The average Bonchev–Trinajstić information content (AvgIpc) is 2.96. The summed E-state index contributed by atoms with van der Waals surface area (Å²) in [6.45, 7) is 0.223. The Hall–Kier alpha value is -2.78. The van der Waals surface area contributed by atoms with Crippen molar-refractivity contribution in [2.45, 2.75) is 25.6 Å². The molecule has 0 radical (unpaired) electrons. The van der Waals surface area contributed by atoms with Gasteiger partial charge in [-0.05, 0) is 17.7 Å². The average molecular weight is 357 g/mol. The highest BCUT2D eigenvalue weighted by atomic mass is 19.4. The van der Waals surface area contributed by atoms with E-state index in [0.29, 0.717) is 16.8 Å². The number of nitrogens with zero attached hydrogens (tertiary/aromatic N) is 3. The molecule has 3 aromatic heterocycles. The summed E-state index contributed by atoms with van der Waals surface area (Å²) in [7, 11) is 0. The lowest BCUT2D eigenvalue weighted by atomic mass is 10.2.